The van der Waals surface area contributed by atoms with Crippen LogP contribution in [0, 0.1) is 0 Å². The molecule has 4 aromatic rings. The molecule has 34 heavy (non-hydrogen) atoms. The molecule has 1 aromatic heterocycles. The number of hydrogen-bond donors (Lipinski definition) is 0. The Morgan fingerprint density at radius 3 is 2.47 bits per heavy atom. The first-order valence-electron chi connectivity index (χ1n) is 11.3. The summed E-state index contributed by atoms with van der Waals surface area (Å²) in [4.78, 5) is 0. The zero-order valence-corrected chi connectivity index (χ0v) is 20.1. The van der Waals surface area contributed by atoms with Crippen molar-refractivity contribution in [1.29, 1.82) is 0 Å². The average molecular weight is 478 g/mol. The Morgan fingerprint density at radius 1 is 0.941 bits per heavy atom. The van der Waals surface area contributed by atoms with E-state index in [0.717, 1.165) is 28.8 Å². The van der Waals surface area contributed by atoms with Crippen molar-refractivity contribution < 1.29 is 14.2 Å². The highest BCUT2D eigenvalue weighted by Crippen LogP contribution is 2.30. The van der Waals surface area contributed by atoms with Gasteiger partial charge in [-0.1, -0.05) is 72.3 Å². The van der Waals surface area contributed by atoms with E-state index in [9.17, 15) is 0 Å². The van der Waals surface area contributed by atoms with Crippen LogP contribution in [0.1, 0.15) is 41.8 Å². The molecule has 176 valence electrons. The number of benzene rings is 3. The van der Waals surface area contributed by atoms with E-state index in [0.29, 0.717) is 36.3 Å². The third-order valence-electron chi connectivity index (χ3n) is 5.30. The molecule has 0 aliphatic rings. The fraction of sp³-hybridized carbons (Fsp3) is 0.259. The maximum Gasteiger partial charge on any atom is 0.162 e. The van der Waals surface area contributed by atoms with Crippen LogP contribution < -0.4 is 9.47 Å². The molecule has 1 unspecified atom stereocenters. The largest absolute Gasteiger partial charge is 0.493 e. The van der Waals surface area contributed by atoms with Gasteiger partial charge in [-0.3, -0.25) is 0 Å². The predicted octanol–water partition coefficient (Wildman–Crippen LogP) is 6.08. The fourth-order valence-corrected chi connectivity index (χ4v) is 3.72. The van der Waals surface area contributed by atoms with Crippen molar-refractivity contribution in [3.05, 3.63) is 106 Å². The van der Waals surface area contributed by atoms with Gasteiger partial charge in [0.05, 0.1) is 19.9 Å². The minimum absolute atomic E-state index is 0.299. The monoisotopic (exact) mass is 477 g/mol. The fourth-order valence-electron chi connectivity index (χ4n) is 3.59. The molecular formula is C27H28ClN3O3. The number of rotatable bonds is 11. The third-order valence-corrected chi connectivity index (χ3v) is 5.55. The summed E-state index contributed by atoms with van der Waals surface area (Å²) in [5.74, 6) is 1.38. The second kappa shape index (κ2) is 11.7. The van der Waals surface area contributed by atoms with Gasteiger partial charge < -0.3 is 14.2 Å². The van der Waals surface area contributed by atoms with Crippen LogP contribution in [0.15, 0.2) is 79.0 Å². The number of halogens is 1. The zero-order valence-electron chi connectivity index (χ0n) is 19.4. The van der Waals surface area contributed by atoms with Gasteiger partial charge in [0.1, 0.15) is 18.4 Å². The number of ether oxygens (including phenoxy) is 3. The zero-order chi connectivity index (χ0) is 23.8. The lowest BCUT2D eigenvalue weighted by molar-refractivity contribution is 0.0777. The van der Waals surface area contributed by atoms with Crippen molar-refractivity contribution >= 4 is 11.6 Å². The van der Waals surface area contributed by atoms with Crippen molar-refractivity contribution in [3.8, 4) is 11.5 Å². The summed E-state index contributed by atoms with van der Waals surface area (Å²) in [7, 11) is 1.64. The Hall–Kier alpha value is -3.35. The lowest BCUT2D eigenvalue weighted by Crippen LogP contribution is -2.08. The molecule has 0 fully saturated rings. The topological polar surface area (TPSA) is 58.4 Å². The second-order valence-corrected chi connectivity index (χ2v) is 8.34. The summed E-state index contributed by atoms with van der Waals surface area (Å²) >= 11 is 6.06. The molecule has 0 amide bonds. The summed E-state index contributed by atoms with van der Waals surface area (Å²) in [5, 5.41) is 9.42. The van der Waals surface area contributed by atoms with E-state index >= 15 is 0 Å². The summed E-state index contributed by atoms with van der Waals surface area (Å²) in [6.45, 7) is 3.71. The molecule has 6 nitrogen and oxygen atoms in total. The standard InChI is InChI=1S/C27H28ClN3O3/c1-3-15-33-27(22-10-12-23(28)13-11-22)24-18-31(30-29-24)17-21-9-14-25(32-2)26(16-21)34-19-20-7-5-4-6-8-20/h4-14,16,18,27H,3,15,17,19H2,1-2H3. The third kappa shape index (κ3) is 6.16. The van der Waals surface area contributed by atoms with Crippen molar-refractivity contribution in [2.45, 2.75) is 32.6 Å². The molecule has 3 aromatic carbocycles. The van der Waals surface area contributed by atoms with E-state index in [4.69, 9.17) is 25.8 Å². The van der Waals surface area contributed by atoms with Gasteiger partial charge in [-0.25, -0.2) is 4.68 Å². The number of aromatic nitrogens is 3. The highest BCUT2D eigenvalue weighted by Gasteiger charge is 2.19. The highest BCUT2D eigenvalue weighted by atomic mass is 35.5. The highest BCUT2D eigenvalue weighted by molar-refractivity contribution is 6.30. The molecule has 0 saturated heterocycles. The maximum atomic E-state index is 6.09. The summed E-state index contributed by atoms with van der Waals surface area (Å²) in [6, 6.07) is 23.6. The van der Waals surface area contributed by atoms with E-state index < -0.39 is 0 Å². The van der Waals surface area contributed by atoms with Gasteiger partial charge >= 0.3 is 0 Å². The Balaban J connectivity index is 1.50. The Labute approximate surface area is 205 Å². The molecule has 0 bridgehead atoms. The molecule has 0 aliphatic carbocycles. The minimum Gasteiger partial charge on any atom is -0.493 e. The first kappa shape index (κ1) is 23.8. The quantitative estimate of drug-likeness (QED) is 0.262. The molecular weight excluding hydrogens is 450 g/mol. The van der Waals surface area contributed by atoms with Crippen LogP contribution in [-0.2, 0) is 17.9 Å². The van der Waals surface area contributed by atoms with E-state index in [1.165, 1.54) is 0 Å². The van der Waals surface area contributed by atoms with Crippen LogP contribution in [0.2, 0.25) is 5.02 Å². The van der Waals surface area contributed by atoms with Crippen molar-refractivity contribution in [2.75, 3.05) is 13.7 Å². The van der Waals surface area contributed by atoms with Gasteiger partial charge in [0, 0.05) is 11.6 Å². The van der Waals surface area contributed by atoms with Crippen LogP contribution in [0.4, 0.5) is 0 Å². The van der Waals surface area contributed by atoms with Crippen LogP contribution in [0.3, 0.4) is 0 Å². The van der Waals surface area contributed by atoms with E-state index in [1.807, 2.05) is 79.0 Å². The first-order chi connectivity index (χ1) is 16.7. The molecule has 7 heteroatoms. The second-order valence-electron chi connectivity index (χ2n) is 7.90. The number of nitrogens with zero attached hydrogens (tertiary/aromatic N) is 3. The normalized spacial score (nSPS) is 11.9. The van der Waals surface area contributed by atoms with Crippen LogP contribution in [-0.4, -0.2) is 28.7 Å². The number of methoxy groups -OCH3 is 1. The molecule has 1 atom stereocenters. The van der Waals surface area contributed by atoms with Gasteiger partial charge in [-0.05, 0) is 47.4 Å². The molecule has 1 heterocycles. The number of hydrogen-bond acceptors (Lipinski definition) is 5. The average Bonchev–Trinajstić information content (AvgIpc) is 3.33. The van der Waals surface area contributed by atoms with Gasteiger partial charge in [0.15, 0.2) is 11.5 Å². The van der Waals surface area contributed by atoms with Gasteiger partial charge in [-0.15, -0.1) is 5.10 Å². The predicted molar refractivity (Wildman–Crippen MR) is 132 cm³/mol. The van der Waals surface area contributed by atoms with Crippen molar-refractivity contribution in [1.82, 2.24) is 15.0 Å². The molecule has 4 rings (SSSR count). The Bertz CT molecular complexity index is 1180. The summed E-state index contributed by atoms with van der Waals surface area (Å²) in [6.07, 6.45) is 2.53. The minimum atomic E-state index is -0.299. The Morgan fingerprint density at radius 2 is 1.74 bits per heavy atom. The van der Waals surface area contributed by atoms with E-state index in [1.54, 1.807) is 11.8 Å². The van der Waals surface area contributed by atoms with Gasteiger partial charge in [-0.2, -0.15) is 0 Å². The SMILES string of the molecule is CCCOC(c1ccc(Cl)cc1)c1cn(Cc2ccc(OC)c(OCc3ccccc3)c2)nn1. The molecule has 0 spiro atoms. The summed E-state index contributed by atoms with van der Waals surface area (Å²) < 4.78 is 19.4. The lowest BCUT2D eigenvalue weighted by atomic mass is 10.1. The summed E-state index contributed by atoms with van der Waals surface area (Å²) in [5.41, 5.74) is 3.87. The smallest absolute Gasteiger partial charge is 0.162 e. The van der Waals surface area contributed by atoms with Crippen molar-refractivity contribution in [2.24, 2.45) is 0 Å². The lowest BCUT2D eigenvalue weighted by Gasteiger charge is -2.15. The Kier molecular flexibility index (Phi) is 8.17. The molecule has 0 aliphatic heterocycles. The van der Waals surface area contributed by atoms with Crippen LogP contribution >= 0.6 is 11.6 Å². The van der Waals surface area contributed by atoms with Gasteiger partial charge in [0.25, 0.3) is 0 Å². The first-order valence-corrected chi connectivity index (χ1v) is 11.6. The molecule has 0 radical (unpaired) electrons. The van der Waals surface area contributed by atoms with E-state index in [2.05, 4.69) is 17.2 Å². The van der Waals surface area contributed by atoms with Gasteiger partial charge in [0.2, 0.25) is 0 Å². The van der Waals surface area contributed by atoms with Crippen LogP contribution in [0.5, 0.6) is 11.5 Å². The van der Waals surface area contributed by atoms with E-state index in [-0.39, 0.29) is 6.10 Å². The molecule has 0 N–H and O–H groups in total. The van der Waals surface area contributed by atoms with Crippen LogP contribution in [0.25, 0.3) is 0 Å². The molecule has 0 saturated carbocycles. The maximum absolute atomic E-state index is 6.09. The van der Waals surface area contributed by atoms with Crippen molar-refractivity contribution in [3.63, 3.8) is 0 Å².